The van der Waals surface area contributed by atoms with Gasteiger partial charge in [-0.05, 0) is 29.8 Å². The first-order valence-electron chi connectivity index (χ1n) is 10.9. The van der Waals surface area contributed by atoms with Gasteiger partial charge in [0.25, 0.3) is 0 Å². The number of halogens is 4. The minimum Gasteiger partial charge on any atom is -0.479 e. The molecule has 1 aliphatic rings. The van der Waals surface area contributed by atoms with E-state index in [1.54, 1.807) is 24.3 Å². The second-order valence-corrected chi connectivity index (χ2v) is 8.77. The van der Waals surface area contributed by atoms with Crippen LogP contribution >= 0.6 is 11.6 Å². The minimum absolute atomic E-state index is 0.132. The van der Waals surface area contributed by atoms with Crippen molar-refractivity contribution in [3.63, 3.8) is 0 Å². The number of hydrogen-bond donors (Lipinski definition) is 4. The number of hydrogen-bond acceptors (Lipinski definition) is 8. The van der Waals surface area contributed by atoms with Gasteiger partial charge in [-0.15, -0.1) is 5.10 Å². The smallest absolute Gasteiger partial charge is 0.335 e. The lowest BCUT2D eigenvalue weighted by molar-refractivity contribution is -0.238. The summed E-state index contributed by atoms with van der Waals surface area (Å²) in [6.45, 7) is -0.965. The number of aliphatic carboxylic acids is 1. The van der Waals surface area contributed by atoms with Gasteiger partial charge in [0, 0.05) is 10.6 Å². The van der Waals surface area contributed by atoms with E-state index in [1.807, 2.05) is 0 Å². The molecule has 4 N–H and O–H groups in total. The molecular formula is C23H21ClF3N3O7. The number of nitrogens with zero attached hydrogens (tertiary/aromatic N) is 3. The van der Waals surface area contributed by atoms with Gasteiger partial charge in [-0.25, -0.2) is 22.6 Å². The highest BCUT2D eigenvalue weighted by atomic mass is 35.5. The molecule has 0 saturated carbocycles. The number of carbonyl (C=O) groups is 1. The summed E-state index contributed by atoms with van der Waals surface area (Å²) in [5, 5.41) is 49.2. The van der Waals surface area contributed by atoms with E-state index < -0.39 is 66.6 Å². The van der Waals surface area contributed by atoms with Crippen LogP contribution in [0.4, 0.5) is 13.2 Å². The first-order valence-corrected chi connectivity index (χ1v) is 11.3. The van der Waals surface area contributed by atoms with Crippen molar-refractivity contribution in [3.05, 3.63) is 70.6 Å². The van der Waals surface area contributed by atoms with Crippen molar-refractivity contribution in [1.82, 2.24) is 15.0 Å². The van der Waals surface area contributed by atoms with Crippen LogP contribution in [0.15, 0.2) is 42.6 Å². The van der Waals surface area contributed by atoms with Crippen LogP contribution in [-0.2, 0) is 20.9 Å². The lowest BCUT2D eigenvalue weighted by Gasteiger charge is -2.43. The maximum absolute atomic E-state index is 13.7. The molecule has 3 aromatic rings. The fourth-order valence-electron chi connectivity index (χ4n) is 4.07. The molecule has 6 atom stereocenters. The number of benzene rings is 2. The molecule has 1 saturated heterocycles. The van der Waals surface area contributed by atoms with E-state index >= 15 is 0 Å². The predicted molar refractivity (Wildman–Crippen MR) is 120 cm³/mol. The van der Waals surface area contributed by atoms with Crippen LogP contribution in [0, 0.1) is 17.5 Å². The summed E-state index contributed by atoms with van der Waals surface area (Å²) in [4.78, 5) is 12.0. The Hall–Kier alpha value is -3.07. The minimum atomic E-state index is -1.76. The summed E-state index contributed by atoms with van der Waals surface area (Å²) in [6.07, 6.45) is -6.94. The van der Waals surface area contributed by atoms with Gasteiger partial charge in [0.15, 0.2) is 23.6 Å². The number of aliphatic hydroxyl groups excluding tert-OH is 3. The van der Waals surface area contributed by atoms with Crippen molar-refractivity contribution in [3.8, 4) is 11.3 Å². The fourth-order valence-corrected chi connectivity index (χ4v) is 4.28. The molecule has 14 heteroatoms. The highest BCUT2D eigenvalue weighted by Crippen LogP contribution is 2.33. The van der Waals surface area contributed by atoms with E-state index in [9.17, 15) is 38.4 Å². The van der Waals surface area contributed by atoms with Crippen molar-refractivity contribution in [2.45, 2.75) is 43.2 Å². The number of carboxylic acids is 1. The standard InChI is InChI=1S/C23H21ClF3N3O7/c24-12-3-1-2-10(4-12)9-36-22(23(34)35)21-20(33)18(19(32)16(8-31)37-21)30-7-15(28-29-30)11-5-13(25)17(27)14(26)6-11/h1-7,16,18-22,31-33H,8-9H2,(H,34,35)/t16?,18-,19-,20?,21+,22-/m0/s1. The summed E-state index contributed by atoms with van der Waals surface area (Å²) < 4.78 is 52.6. The monoisotopic (exact) mass is 543 g/mol. The summed E-state index contributed by atoms with van der Waals surface area (Å²) in [5.74, 6) is -6.08. The lowest BCUT2D eigenvalue weighted by atomic mass is 9.90. The fraction of sp³-hybridized carbons (Fsp3) is 0.348. The quantitative estimate of drug-likeness (QED) is 0.312. The Labute approximate surface area is 212 Å². The Morgan fingerprint density at radius 1 is 1.16 bits per heavy atom. The van der Waals surface area contributed by atoms with Crippen LogP contribution in [0.3, 0.4) is 0 Å². The molecule has 2 unspecified atom stereocenters. The first kappa shape index (κ1) is 27.0. The van der Waals surface area contributed by atoms with E-state index in [0.29, 0.717) is 22.7 Å². The molecule has 2 heterocycles. The van der Waals surface area contributed by atoms with Crippen molar-refractivity contribution < 1.29 is 47.9 Å². The van der Waals surface area contributed by atoms with Crippen molar-refractivity contribution in [2.75, 3.05) is 6.61 Å². The van der Waals surface area contributed by atoms with Crippen molar-refractivity contribution in [2.24, 2.45) is 0 Å². The van der Waals surface area contributed by atoms with Crippen molar-refractivity contribution >= 4 is 17.6 Å². The van der Waals surface area contributed by atoms with E-state index in [-0.39, 0.29) is 17.9 Å². The zero-order chi connectivity index (χ0) is 26.9. The van der Waals surface area contributed by atoms with Gasteiger partial charge in [0.1, 0.15) is 36.2 Å². The Morgan fingerprint density at radius 3 is 2.49 bits per heavy atom. The largest absolute Gasteiger partial charge is 0.479 e. The molecule has 0 amide bonds. The molecule has 0 spiro atoms. The topological polar surface area (TPSA) is 147 Å². The highest BCUT2D eigenvalue weighted by Gasteiger charge is 2.50. The summed E-state index contributed by atoms with van der Waals surface area (Å²) >= 11 is 5.94. The third-order valence-electron chi connectivity index (χ3n) is 5.88. The molecule has 0 aliphatic carbocycles. The molecule has 0 radical (unpaired) electrons. The van der Waals surface area contributed by atoms with Crippen LogP contribution in [0.5, 0.6) is 0 Å². The molecule has 1 aromatic heterocycles. The Kier molecular flexibility index (Phi) is 8.11. The zero-order valence-electron chi connectivity index (χ0n) is 18.8. The highest BCUT2D eigenvalue weighted by molar-refractivity contribution is 6.30. The van der Waals surface area contributed by atoms with Gasteiger partial charge >= 0.3 is 5.97 Å². The Morgan fingerprint density at radius 2 is 1.86 bits per heavy atom. The molecule has 0 bridgehead atoms. The number of carboxylic acid groups (broad SMARTS) is 1. The SMILES string of the molecule is O=C(O)[C@@H](OCc1cccc(Cl)c1)[C@@H]1OC(CO)[C@H](O)[C@H](n2cc(-c3cc(F)c(F)c(F)c3)nn2)C1O. The molecule has 198 valence electrons. The van der Waals surface area contributed by atoms with Gasteiger partial charge < -0.3 is 29.9 Å². The Bertz CT molecular complexity index is 1260. The van der Waals surface area contributed by atoms with E-state index in [2.05, 4.69) is 10.3 Å². The molecule has 10 nitrogen and oxygen atoms in total. The average Bonchev–Trinajstić information content (AvgIpc) is 3.33. The second-order valence-electron chi connectivity index (χ2n) is 8.33. The zero-order valence-corrected chi connectivity index (χ0v) is 19.5. The number of ether oxygens (including phenoxy) is 2. The van der Waals surface area contributed by atoms with Crippen LogP contribution in [0.1, 0.15) is 11.6 Å². The number of aromatic nitrogens is 3. The average molecular weight is 544 g/mol. The summed E-state index contributed by atoms with van der Waals surface area (Å²) in [7, 11) is 0. The number of rotatable bonds is 8. The van der Waals surface area contributed by atoms with Gasteiger partial charge in [0.05, 0.1) is 19.4 Å². The molecule has 1 fully saturated rings. The van der Waals surface area contributed by atoms with Crippen LogP contribution in [0.25, 0.3) is 11.3 Å². The maximum Gasteiger partial charge on any atom is 0.335 e. The summed E-state index contributed by atoms with van der Waals surface area (Å²) in [5.41, 5.74) is 0.231. The van der Waals surface area contributed by atoms with Gasteiger partial charge in [-0.2, -0.15) is 0 Å². The molecule has 4 rings (SSSR count). The summed E-state index contributed by atoms with van der Waals surface area (Å²) in [6, 6.07) is 6.42. The van der Waals surface area contributed by atoms with Crippen molar-refractivity contribution in [1.29, 1.82) is 0 Å². The molecule has 1 aliphatic heterocycles. The van der Waals surface area contributed by atoms with Gasteiger partial charge in [-0.3, -0.25) is 0 Å². The molecule has 2 aromatic carbocycles. The van der Waals surface area contributed by atoms with E-state index in [1.165, 1.54) is 0 Å². The van der Waals surface area contributed by atoms with Gasteiger partial charge in [0.2, 0.25) is 0 Å². The molecular weight excluding hydrogens is 523 g/mol. The maximum atomic E-state index is 13.7. The number of aliphatic hydroxyl groups is 3. The first-order chi connectivity index (χ1) is 17.6. The molecule has 37 heavy (non-hydrogen) atoms. The lowest BCUT2D eigenvalue weighted by Crippen LogP contribution is -2.60. The van der Waals surface area contributed by atoms with E-state index in [0.717, 1.165) is 10.9 Å². The van der Waals surface area contributed by atoms with E-state index in [4.69, 9.17) is 21.1 Å². The van der Waals surface area contributed by atoms with Crippen LogP contribution in [-0.4, -0.2) is 78.5 Å². The van der Waals surface area contributed by atoms with Gasteiger partial charge in [-0.1, -0.05) is 28.9 Å². The predicted octanol–water partition coefficient (Wildman–Crippen LogP) is 1.71. The second kappa shape index (κ2) is 11.1. The van der Waals surface area contributed by atoms with Crippen LogP contribution < -0.4 is 0 Å². The third kappa shape index (κ3) is 5.61. The Balaban J connectivity index is 1.62. The van der Waals surface area contributed by atoms with Crippen LogP contribution in [0.2, 0.25) is 5.02 Å². The normalized spacial score (nSPS) is 24.7. The third-order valence-corrected chi connectivity index (χ3v) is 6.12.